The summed E-state index contributed by atoms with van der Waals surface area (Å²) in [6.07, 6.45) is 1.67. The fourth-order valence-corrected chi connectivity index (χ4v) is 3.41. The number of ether oxygens (including phenoxy) is 3. The van der Waals surface area contributed by atoms with E-state index in [0.717, 1.165) is 16.8 Å². The molecule has 5 nitrogen and oxygen atoms in total. The van der Waals surface area contributed by atoms with Gasteiger partial charge in [-0.3, -0.25) is 0 Å². The lowest BCUT2D eigenvalue weighted by Gasteiger charge is -2.12. The van der Waals surface area contributed by atoms with Crippen molar-refractivity contribution in [1.82, 2.24) is 4.57 Å². The molecule has 0 aliphatic heterocycles. The summed E-state index contributed by atoms with van der Waals surface area (Å²) in [5.41, 5.74) is 2.67. The zero-order valence-electron chi connectivity index (χ0n) is 16.1. The molecule has 148 valence electrons. The lowest BCUT2D eigenvalue weighted by Crippen LogP contribution is -1.99. The van der Waals surface area contributed by atoms with Crippen molar-refractivity contribution in [3.05, 3.63) is 77.4 Å². The number of nitrogens with zero attached hydrogens (tertiary/aromatic N) is 1. The van der Waals surface area contributed by atoms with Crippen LogP contribution in [0.5, 0.6) is 23.0 Å². The second kappa shape index (κ2) is 7.97. The number of fused-ring (bicyclic) bond motifs is 1. The molecule has 0 atom stereocenters. The molecule has 0 radical (unpaired) electrons. The van der Waals surface area contributed by atoms with Crippen molar-refractivity contribution in [3.8, 4) is 28.7 Å². The molecule has 0 spiro atoms. The molecule has 0 unspecified atom stereocenters. The first-order valence-corrected chi connectivity index (χ1v) is 9.40. The van der Waals surface area contributed by atoms with E-state index in [0.29, 0.717) is 34.3 Å². The standard InChI is InChI=1S/C23H20ClNO4/c1-27-19-8-15(9-20(12-19)28-2)14-29-18-5-3-4-17(11-18)25-13-23(26)21-10-16(24)6-7-22(21)25/h3-13,26H,14H2,1-2H3. The molecule has 0 saturated heterocycles. The van der Waals surface area contributed by atoms with E-state index in [1.807, 2.05) is 53.1 Å². The van der Waals surface area contributed by atoms with Crippen LogP contribution in [0.2, 0.25) is 5.02 Å². The van der Waals surface area contributed by atoms with Crippen LogP contribution in [0.4, 0.5) is 0 Å². The summed E-state index contributed by atoms with van der Waals surface area (Å²) in [5, 5.41) is 11.5. The van der Waals surface area contributed by atoms with Crippen molar-refractivity contribution in [1.29, 1.82) is 0 Å². The Labute approximate surface area is 173 Å². The molecule has 0 amide bonds. The molecule has 3 aromatic carbocycles. The van der Waals surface area contributed by atoms with Crippen LogP contribution in [0.3, 0.4) is 0 Å². The van der Waals surface area contributed by atoms with Gasteiger partial charge in [0.1, 0.15) is 29.6 Å². The van der Waals surface area contributed by atoms with Gasteiger partial charge in [0, 0.05) is 28.2 Å². The summed E-state index contributed by atoms with van der Waals surface area (Å²) >= 11 is 6.06. The first-order valence-electron chi connectivity index (χ1n) is 9.02. The fourth-order valence-electron chi connectivity index (χ4n) is 3.24. The predicted molar refractivity (Wildman–Crippen MR) is 114 cm³/mol. The van der Waals surface area contributed by atoms with Crippen LogP contribution in [0.15, 0.2) is 66.9 Å². The van der Waals surface area contributed by atoms with Crippen LogP contribution in [-0.4, -0.2) is 23.9 Å². The number of halogens is 1. The summed E-state index contributed by atoms with van der Waals surface area (Å²) in [6, 6.07) is 18.8. The third-order valence-electron chi connectivity index (χ3n) is 4.66. The van der Waals surface area contributed by atoms with Gasteiger partial charge in [-0.25, -0.2) is 0 Å². The summed E-state index contributed by atoms with van der Waals surface area (Å²) in [5.74, 6) is 2.31. The monoisotopic (exact) mass is 409 g/mol. The van der Waals surface area contributed by atoms with Crippen LogP contribution in [0.1, 0.15) is 5.56 Å². The zero-order valence-corrected chi connectivity index (χ0v) is 16.8. The number of methoxy groups -OCH3 is 2. The third-order valence-corrected chi connectivity index (χ3v) is 4.89. The molecule has 0 fully saturated rings. The average molecular weight is 410 g/mol. The van der Waals surface area contributed by atoms with Gasteiger partial charge in [0.2, 0.25) is 0 Å². The Morgan fingerprint density at radius 2 is 1.66 bits per heavy atom. The lowest BCUT2D eigenvalue weighted by molar-refractivity contribution is 0.303. The molecule has 4 aromatic rings. The minimum atomic E-state index is 0.178. The molecule has 1 aromatic heterocycles. The van der Waals surface area contributed by atoms with Gasteiger partial charge in [-0.05, 0) is 48.0 Å². The number of hydrogen-bond donors (Lipinski definition) is 1. The number of aromatic nitrogens is 1. The molecule has 4 rings (SSSR count). The molecule has 1 heterocycles. The lowest BCUT2D eigenvalue weighted by atomic mass is 10.2. The molecule has 0 bridgehead atoms. The number of hydrogen-bond acceptors (Lipinski definition) is 4. The van der Waals surface area contributed by atoms with Gasteiger partial charge in [0.25, 0.3) is 0 Å². The molecular weight excluding hydrogens is 390 g/mol. The van der Waals surface area contributed by atoms with Gasteiger partial charge < -0.3 is 23.9 Å². The molecule has 29 heavy (non-hydrogen) atoms. The van der Waals surface area contributed by atoms with Gasteiger partial charge in [-0.2, -0.15) is 0 Å². The highest BCUT2D eigenvalue weighted by Gasteiger charge is 2.10. The van der Waals surface area contributed by atoms with Gasteiger partial charge in [0.15, 0.2) is 0 Å². The first kappa shape index (κ1) is 19.0. The number of aromatic hydroxyl groups is 1. The largest absolute Gasteiger partial charge is 0.506 e. The molecule has 0 aliphatic rings. The molecule has 0 saturated carbocycles. The van der Waals surface area contributed by atoms with E-state index in [4.69, 9.17) is 25.8 Å². The van der Waals surface area contributed by atoms with Gasteiger partial charge in [0.05, 0.1) is 25.9 Å². The van der Waals surface area contributed by atoms with Gasteiger partial charge in [-0.1, -0.05) is 17.7 Å². The van der Waals surface area contributed by atoms with Crippen molar-refractivity contribution in [2.45, 2.75) is 6.61 Å². The van der Waals surface area contributed by atoms with E-state index in [1.165, 1.54) is 0 Å². The van der Waals surface area contributed by atoms with Crippen molar-refractivity contribution in [2.75, 3.05) is 14.2 Å². The van der Waals surface area contributed by atoms with Crippen LogP contribution in [0, 0.1) is 0 Å². The van der Waals surface area contributed by atoms with Crippen LogP contribution < -0.4 is 14.2 Å². The predicted octanol–water partition coefficient (Wildman–Crippen LogP) is 5.59. The highest BCUT2D eigenvalue weighted by Crippen LogP contribution is 2.32. The summed E-state index contributed by atoms with van der Waals surface area (Å²) in [6.45, 7) is 0.365. The van der Waals surface area contributed by atoms with Crippen LogP contribution in [0.25, 0.3) is 16.6 Å². The maximum Gasteiger partial charge on any atom is 0.141 e. The second-order valence-corrected chi connectivity index (χ2v) is 6.99. The fraction of sp³-hybridized carbons (Fsp3) is 0.130. The maximum atomic E-state index is 10.3. The Bertz CT molecular complexity index is 1150. The zero-order chi connectivity index (χ0) is 20.4. The average Bonchev–Trinajstić information content (AvgIpc) is 3.08. The Kier molecular flexibility index (Phi) is 5.23. The number of benzene rings is 3. The minimum absolute atomic E-state index is 0.178. The summed E-state index contributed by atoms with van der Waals surface area (Å²) in [4.78, 5) is 0. The van der Waals surface area contributed by atoms with Gasteiger partial charge in [-0.15, -0.1) is 0 Å². The van der Waals surface area contributed by atoms with E-state index >= 15 is 0 Å². The molecular formula is C23H20ClNO4. The quantitative estimate of drug-likeness (QED) is 0.451. The Morgan fingerprint density at radius 3 is 2.38 bits per heavy atom. The van der Waals surface area contributed by atoms with E-state index in [1.54, 1.807) is 32.5 Å². The van der Waals surface area contributed by atoms with Crippen molar-refractivity contribution >= 4 is 22.5 Å². The third kappa shape index (κ3) is 3.96. The molecule has 0 aliphatic carbocycles. The highest BCUT2D eigenvalue weighted by molar-refractivity contribution is 6.31. The Hall–Kier alpha value is -3.31. The summed E-state index contributed by atoms with van der Waals surface area (Å²) in [7, 11) is 3.24. The smallest absolute Gasteiger partial charge is 0.141 e. The van der Waals surface area contributed by atoms with Crippen LogP contribution in [-0.2, 0) is 6.61 Å². The highest BCUT2D eigenvalue weighted by atomic mass is 35.5. The van der Waals surface area contributed by atoms with E-state index in [-0.39, 0.29) is 5.75 Å². The number of rotatable bonds is 6. The topological polar surface area (TPSA) is 52.9 Å². The Morgan fingerprint density at radius 1 is 0.897 bits per heavy atom. The normalized spacial score (nSPS) is 10.9. The SMILES string of the molecule is COc1cc(COc2cccc(-n3cc(O)c4cc(Cl)ccc43)c2)cc(OC)c1. The summed E-state index contributed by atoms with van der Waals surface area (Å²) < 4.78 is 18.5. The van der Waals surface area contributed by atoms with E-state index in [2.05, 4.69) is 0 Å². The van der Waals surface area contributed by atoms with Crippen LogP contribution >= 0.6 is 11.6 Å². The minimum Gasteiger partial charge on any atom is -0.506 e. The van der Waals surface area contributed by atoms with Crippen molar-refractivity contribution in [3.63, 3.8) is 0 Å². The van der Waals surface area contributed by atoms with Crippen molar-refractivity contribution < 1.29 is 19.3 Å². The van der Waals surface area contributed by atoms with E-state index < -0.39 is 0 Å². The molecule has 1 N–H and O–H groups in total. The van der Waals surface area contributed by atoms with Gasteiger partial charge >= 0.3 is 0 Å². The first-order chi connectivity index (χ1) is 14.1. The Balaban J connectivity index is 1.60. The maximum absolute atomic E-state index is 10.3. The second-order valence-electron chi connectivity index (χ2n) is 6.55. The van der Waals surface area contributed by atoms with Crippen molar-refractivity contribution in [2.24, 2.45) is 0 Å². The molecule has 6 heteroatoms. The van der Waals surface area contributed by atoms with E-state index in [9.17, 15) is 5.11 Å².